The van der Waals surface area contributed by atoms with Crippen molar-refractivity contribution in [3.63, 3.8) is 0 Å². The number of hydrogen-bond donors (Lipinski definition) is 2. The molecular formula is C7H11F3N2O. The predicted molar refractivity (Wildman–Crippen MR) is 40.1 cm³/mol. The lowest BCUT2D eigenvalue weighted by molar-refractivity contribution is -0.148. The standard InChI is InChI=1S/C7H11F3N2O/c8-7(9,10)4-5-6(13)12-3-1-2-11-5/h5,11H,1-4H2,(H,12,13)/t5-/m1/s1. The van der Waals surface area contributed by atoms with Crippen molar-refractivity contribution in [2.75, 3.05) is 13.1 Å². The van der Waals surface area contributed by atoms with Crippen molar-refractivity contribution >= 4 is 5.91 Å². The Hall–Kier alpha value is -0.780. The van der Waals surface area contributed by atoms with E-state index in [9.17, 15) is 18.0 Å². The molecular weight excluding hydrogens is 185 g/mol. The second-order valence-corrected chi connectivity index (χ2v) is 2.97. The molecule has 1 rings (SSSR count). The highest BCUT2D eigenvalue weighted by molar-refractivity contribution is 5.81. The molecule has 0 spiro atoms. The van der Waals surface area contributed by atoms with Gasteiger partial charge in [0, 0.05) is 6.54 Å². The Bertz CT molecular complexity index is 193. The van der Waals surface area contributed by atoms with Gasteiger partial charge in [0.05, 0.1) is 12.5 Å². The van der Waals surface area contributed by atoms with Crippen LogP contribution in [0, 0.1) is 0 Å². The summed E-state index contributed by atoms with van der Waals surface area (Å²) in [7, 11) is 0. The Morgan fingerprint density at radius 1 is 1.38 bits per heavy atom. The van der Waals surface area contributed by atoms with Gasteiger partial charge in [-0.25, -0.2) is 0 Å². The molecule has 1 atom stereocenters. The molecule has 1 aliphatic heterocycles. The molecule has 0 aliphatic carbocycles. The first-order valence-corrected chi connectivity index (χ1v) is 4.07. The van der Waals surface area contributed by atoms with Crippen LogP contribution in [-0.4, -0.2) is 31.2 Å². The number of hydrogen-bond acceptors (Lipinski definition) is 2. The van der Waals surface area contributed by atoms with E-state index in [2.05, 4.69) is 10.6 Å². The van der Waals surface area contributed by atoms with Gasteiger partial charge in [0.1, 0.15) is 0 Å². The lowest BCUT2D eigenvalue weighted by atomic mass is 10.2. The molecule has 0 unspecified atom stereocenters. The van der Waals surface area contributed by atoms with Crippen LogP contribution in [-0.2, 0) is 4.79 Å². The molecule has 6 heteroatoms. The molecule has 0 radical (unpaired) electrons. The molecule has 0 bridgehead atoms. The van der Waals surface area contributed by atoms with Gasteiger partial charge in [-0.05, 0) is 13.0 Å². The molecule has 1 amide bonds. The van der Waals surface area contributed by atoms with Gasteiger partial charge in [-0.1, -0.05) is 0 Å². The van der Waals surface area contributed by atoms with E-state index < -0.39 is 24.5 Å². The number of rotatable bonds is 1. The van der Waals surface area contributed by atoms with Crippen LogP contribution in [0.4, 0.5) is 13.2 Å². The van der Waals surface area contributed by atoms with Gasteiger partial charge in [-0.2, -0.15) is 13.2 Å². The number of carbonyl (C=O) groups is 1. The molecule has 2 N–H and O–H groups in total. The zero-order valence-electron chi connectivity index (χ0n) is 6.95. The van der Waals surface area contributed by atoms with Gasteiger partial charge in [-0.15, -0.1) is 0 Å². The maximum absolute atomic E-state index is 11.9. The Labute approximate surface area is 73.7 Å². The van der Waals surface area contributed by atoms with E-state index in [0.29, 0.717) is 19.5 Å². The van der Waals surface area contributed by atoms with Crippen LogP contribution >= 0.6 is 0 Å². The zero-order valence-corrected chi connectivity index (χ0v) is 6.95. The smallest absolute Gasteiger partial charge is 0.355 e. The minimum Gasteiger partial charge on any atom is -0.355 e. The molecule has 3 nitrogen and oxygen atoms in total. The van der Waals surface area contributed by atoms with Gasteiger partial charge >= 0.3 is 6.18 Å². The summed E-state index contributed by atoms with van der Waals surface area (Å²) in [5.74, 6) is -0.560. The van der Waals surface area contributed by atoms with Crippen molar-refractivity contribution in [2.45, 2.75) is 25.1 Å². The van der Waals surface area contributed by atoms with E-state index in [1.807, 2.05) is 0 Å². The first kappa shape index (κ1) is 10.3. The highest BCUT2D eigenvalue weighted by Crippen LogP contribution is 2.21. The largest absolute Gasteiger partial charge is 0.391 e. The normalized spacial score (nSPS) is 25.2. The molecule has 76 valence electrons. The Morgan fingerprint density at radius 3 is 2.69 bits per heavy atom. The lowest BCUT2D eigenvalue weighted by Gasteiger charge is -2.15. The fraction of sp³-hybridized carbons (Fsp3) is 0.857. The zero-order chi connectivity index (χ0) is 9.90. The number of carbonyl (C=O) groups excluding carboxylic acids is 1. The topological polar surface area (TPSA) is 41.1 Å². The number of alkyl halides is 3. The van der Waals surface area contributed by atoms with E-state index in [1.165, 1.54) is 0 Å². The number of nitrogens with one attached hydrogen (secondary N) is 2. The second-order valence-electron chi connectivity index (χ2n) is 2.97. The van der Waals surface area contributed by atoms with Crippen molar-refractivity contribution in [3.05, 3.63) is 0 Å². The third-order valence-corrected chi connectivity index (χ3v) is 1.80. The molecule has 0 aromatic heterocycles. The summed E-state index contributed by atoms with van der Waals surface area (Å²) in [6.07, 6.45) is -4.72. The average Bonchev–Trinajstić information content (AvgIpc) is 2.14. The molecule has 13 heavy (non-hydrogen) atoms. The summed E-state index contributed by atoms with van der Waals surface area (Å²) in [6.45, 7) is 0.889. The first-order chi connectivity index (χ1) is 5.99. The summed E-state index contributed by atoms with van der Waals surface area (Å²) in [5.41, 5.74) is 0. The summed E-state index contributed by atoms with van der Waals surface area (Å²) >= 11 is 0. The van der Waals surface area contributed by atoms with Crippen LogP contribution in [0.2, 0.25) is 0 Å². The molecule has 1 fully saturated rings. The van der Waals surface area contributed by atoms with Crippen molar-refractivity contribution in [3.8, 4) is 0 Å². The first-order valence-electron chi connectivity index (χ1n) is 4.07. The monoisotopic (exact) mass is 196 g/mol. The van der Waals surface area contributed by atoms with Crippen LogP contribution in [0.1, 0.15) is 12.8 Å². The van der Waals surface area contributed by atoms with E-state index in [4.69, 9.17) is 0 Å². The Balaban J connectivity index is 2.50. The highest BCUT2D eigenvalue weighted by atomic mass is 19.4. The van der Waals surface area contributed by atoms with E-state index >= 15 is 0 Å². The Morgan fingerprint density at radius 2 is 2.08 bits per heavy atom. The number of halogens is 3. The van der Waals surface area contributed by atoms with Crippen LogP contribution < -0.4 is 10.6 Å². The fourth-order valence-corrected chi connectivity index (χ4v) is 1.19. The predicted octanol–water partition coefficient (Wildman–Crippen LogP) is 0.417. The van der Waals surface area contributed by atoms with Gasteiger partial charge in [0.25, 0.3) is 0 Å². The highest BCUT2D eigenvalue weighted by Gasteiger charge is 2.35. The van der Waals surface area contributed by atoms with Gasteiger partial charge in [-0.3, -0.25) is 4.79 Å². The van der Waals surface area contributed by atoms with E-state index in [0.717, 1.165) is 0 Å². The summed E-state index contributed by atoms with van der Waals surface area (Å²) in [6, 6.07) is -1.12. The number of amides is 1. The molecule has 0 aromatic carbocycles. The van der Waals surface area contributed by atoms with Gasteiger partial charge in [0.15, 0.2) is 0 Å². The summed E-state index contributed by atoms with van der Waals surface area (Å²) in [4.78, 5) is 11.0. The second kappa shape index (κ2) is 3.95. The van der Waals surface area contributed by atoms with Crippen molar-refractivity contribution in [1.82, 2.24) is 10.6 Å². The minimum atomic E-state index is -4.29. The molecule has 1 heterocycles. The Kier molecular flexibility index (Phi) is 3.13. The van der Waals surface area contributed by atoms with Crippen molar-refractivity contribution in [2.24, 2.45) is 0 Å². The summed E-state index contributed by atoms with van der Waals surface area (Å²) in [5, 5.41) is 4.97. The summed E-state index contributed by atoms with van der Waals surface area (Å²) < 4.78 is 35.8. The van der Waals surface area contributed by atoms with Gasteiger partial charge < -0.3 is 10.6 Å². The van der Waals surface area contributed by atoms with E-state index in [1.54, 1.807) is 0 Å². The van der Waals surface area contributed by atoms with Crippen LogP contribution in [0.5, 0.6) is 0 Å². The van der Waals surface area contributed by atoms with Crippen molar-refractivity contribution in [1.29, 1.82) is 0 Å². The minimum absolute atomic E-state index is 0.444. The van der Waals surface area contributed by atoms with Crippen LogP contribution in [0.25, 0.3) is 0 Å². The molecule has 0 aromatic rings. The fourth-order valence-electron chi connectivity index (χ4n) is 1.19. The lowest BCUT2D eigenvalue weighted by Crippen LogP contribution is -2.43. The SMILES string of the molecule is O=C1NCCCN[C@@H]1CC(F)(F)F. The van der Waals surface area contributed by atoms with E-state index in [-0.39, 0.29) is 0 Å². The quantitative estimate of drug-likeness (QED) is 0.638. The maximum Gasteiger partial charge on any atom is 0.391 e. The average molecular weight is 196 g/mol. The molecule has 1 saturated heterocycles. The van der Waals surface area contributed by atoms with Gasteiger partial charge in [0.2, 0.25) is 5.91 Å². The third kappa shape index (κ3) is 3.63. The van der Waals surface area contributed by atoms with Crippen molar-refractivity contribution < 1.29 is 18.0 Å². The van der Waals surface area contributed by atoms with Crippen LogP contribution in [0.3, 0.4) is 0 Å². The molecule has 1 aliphatic rings. The molecule has 0 saturated carbocycles. The maximum atomic E-state index is 11.9. The van der Waals surface area contributed by atoms with Crippen LogP contribution in [0.15, 0.2) is 0 Å². The third-order valence-electron chi connectivity index (χ3n) is 1.80.